The Morgan fingerprint density at radius 3 is 2.46 bits per heavy atom. The maximum absolute atomic E-state index is 13.1. The molecule has 0 radical (unpaired) electrons. The standard InChI is InChI=1S/C21H21NO4/c1-4-18(26-19-12-8-5-9-14(19)2)20(23)22-13-16(21(24)25-3)15-10-6-7-11-17(15)22/h5-13,18H,4H2,1-3H3. The van der Waals surface area contributed by atoms with Gasteiger partial charge in [0.05, 0.1) is 18.2 Å². The Hall–Kier alpha value is -3.08. The van der Waals surface area contributed by atoms with Crippen molar-refractivity contribution in [3.05, 3.63) is 65.9 Å². The summed E-state index contributed by atoms with van der Waals surface area (Å²) in [5.41, 5.74) is 1.98. The molecule has 0 aliphatic rings. The van der Waals surface area contributed by atoms with Crippen LogP contribution in [0.2, 0.25) is 0 Å². The molecule has 5 nitrogen and oxygen atoms in total. The van der Waals surface area contributed by atoms with E-state index in [-0.39, 0.29) is 5.91 Å². The van der Waals surface area contributed by atoms with Gasteiger partial charge in [-0.15, -0.1) is 0 Å². The van der Waals surface area contributed by atoms with Gasteiger partial charge in [-0.3, -0.25) is 9.36 Å². The van der Waals surface area contributed by atoms with Crippen LogP contribution in [0.5, 0.6) is 5.75 Å². The molecule has 2 aromatic carbocycles. The predicted octanol–water partition coefficient (Wildman–Crippen LogP) is 4.23. The number of carbonyl (C=O) groups excluding carboxylic acids is 2. The number of aromatic nitrogens is 1. The van der Waals surface area contributed by atoms with E-state index in [1.807, 2.05) is 50.2 Å². The smallest absolute Gasteiger partial charge is 0.340 e. The second-order valence-electron chi connectivity index (χ2n) is 6.04. The van der Waals surface area contributed by atoms with Gasteiger partial charge >= 0.3 is 5.97 Å². The summed E-state index contributed by atoms with van der Waals surface area (Å²) >= 11 is 0. The highest BCUT2D eigenvalue weighted by atomic mass is 16.5. The Balaban J connectivity index is 2.00. The lowest BCUT2D eigenvalue weighted by Gasteiger charge is -2.18. The topological polar surface area (TPSA) is 57.5 Å². The van der Waals surface area contributed by atoms with Crippen LogP contribution in [0.3, 0.4) is 0 Å². The highest BCUT2D eigenvalue weighted by Crippen LogP contribution is 2.24. The molecule has 1 aromatic heterocycles. The molecule has 5 heteroatoms. The fourth-order valence-corrected chi connectivity index (χ4v) is 2.94. The first kappa shape index (κ1) is 17.7. The monoisotopic (exact) mass is 351 g/mol. The van der Waals surface area contributed by atoms with Crippen molar-refractivity contribution in [2.45, 2.75) is 26.4 Å². The molecule has 0 aliphatic heterocycles. The SMILES string of the molecule is CCC(Oc1ccccc1C)C(=O)n1cc(C(=O)OC)c2ccccc21. The van der Waals surface area contributed by atoms with E-state index in [0.717, 1.165) is 5.56 Å². The Bertz CT molecular complexity index is 958. The molecule has 3 rings (SSSR count). The largest absolute Gasteiger partial charge is 0.480 e. The highest BCUT2D eigenvalue weighted by Gasteiger charge is 2.25. The van der Waals surface area contributed by atoms with E-state index in [4.69, 9.17) is 9.47 Å². The lowest BCUT2D eigenvalue weighted by atomic mass is 10.2. The number of aryl methyl sites for hydroxylation is 1. The summed E-state index contributed by atoms with van der Waals surface area (Å²) in [6.07, 6.45) is 1.38. The molecule has 0 fully saturated rings. The van der Waals surface area contributed by atoms with Crippen molar-refractivity contribution < 1.29 is 19.1 Å². The van der Waals surface area contributed by atoms with Crippen molar-refractivity contribution in [2.24, 2.45) is 0 Å². The molecule has 0 saturated heterocycles. The van der Waals surface area contributed by atoms with Crippen molar-refractivity contribution in [3.63, 3.8) is 0 Å². The summed E-state index contributed by atoms with van der Waals surface area (Å²) in [4.78, 5) is 25.2. The zero-order chi connectivity index (χ0) is 18.7. The average Bonchev–Trinajstić information content (AvgIpc) is 3.06. The number of carbonyl (C=O) groups is 2. The van der Waals surface area contributed by atoms with Gasteiger partial charge in [0.2, 0.25) is 0 Å². The number of rotatable bonds is 5. The number of fused-ring (bicyclic) bond motifs is 1. The summed E-state index contributed by atoms with van der Waals surface area (Å²) in [5, 5.41) is 0.679. The summed E-state index contributed by atoms with van der Waals surface area (Å²) in [6.45, 7) is 3.83. The number of hydrogen-bond acceptors (Lipinski definition) is 4. The van der Waals surface area contributed by atoms with Crippen molar-refractivity contribution in [2.75, 3.05) is 7.11 Å². The minimum atomic E-state index is -0.655. The Kier molecular flexibility index (Phi) is 5.07. The van der Waals surface area contributed by atoms with E-state index in [0.29, 0.717) is 28.6 Å². The Labute approximate surface area is 152 Å². The normalized spacial score (nSPS) is 12.0. The van der Waals surface area contributed by atoms with Gasteiger partial charge in [-0.2, -0.15) is 0 Å². The first-order valence-corrected chi connectivity index (χ1v) is 8.51. The number of methoxy groups -OCH3 is 1. The quantitative estimate of drug-likeness (QED) is 0.645. The van der Waals surface area contributed by atoms with Gasteiger partial charge in [0.25, 0.3) is 5.91 Å². The third-order valence-corrected chi connectivity index (χ3v) is 4.36. The summed E-state index contributed by atoms with van der Waals surface area (Å²) in [5.74, 6) is -0.0138. The van der Waals surface area contributed by atoms with E-state index < -0.39 is 12.1 Å². The fourth-order valence-electron chi connectivity index (χ4n) is 2.94. The van der Waals surface area contributed by atoms with Crippen LogP contribution in [0.25, 0.3) is 10.9 Å². The second kappa shape index (κ2) is 7.44. The molecule has 26 heavy (non-hydrogen) atoms. The number of esters is 1. The number of benzene rings is 2. The number of para-hydroxylation sites is 2. The van der Waals surface area contributed by atoms with Crippen LogP contribution >= 0.6 is 0 Å². The molecular weight excluding hydrogens is 330 g/mol. The molecular formula is C21H21NO4. The van der Waals surface area contributed by atoms with E-state index >= 15 is 0 Å². The van der Waals surface area contributed by atoms with Crippen LogP contribution in [0.4, 0.5) is 0 Å². The van der Waals surface area contributed by atoms with Gasteiger partial charge in [0.1, 0.15) is 5.75 Å². The maximum Gasteiger partial charge on any atom is 0.340 e. The Morgan fingerprint density at radius 1 is 1.08 bits per heavy atom. The van der Waals surface area contributed by atoms with Crippen LogP contribution in [0.15, 0.2) is 54.7 Å². The molecule has 134 valence electrons. The van der Waals surface area contributed by atoms with Gasteiger partial charge in [-0.25, -0.2) is 4.79 Å². The van der Waals surface area contributed by atoms with E-state index in [1.165, 1.54) is 17.9 Å². The van der Waals surface area contributed by atoms with Gasteiger partial charge < -0.3 is 9.47 Å². The van der Waals surface area contributed by atoms with E-state index in [9.17, 15) is 9.59 Å². The van der Waals surface area contributed by atoms with Crippen molar-refractivity contribution in [1.82, 2.24) is 4.57 Å². The molecule has 0 saturated carbocycles. The lowest BCUT2D eigenvalue weighted by molar-refractivity contribution is 0.0602. The van der Waals surface area contributed by atoms with E-state index in [1.54, 1.807) is 12.1 Å². The zero-order valence-electron chi connectivity index (χ0n) is 15.1. The highest BCUT2D eigenvalue weighted by molar-refractivity contribution is 6.07. The first-order valence-electron chi connectivity index (χ1n) is 8.51. The van der Waals surface area contributed by atoms with Crippen molar-refractivity contribution in [3.8, 4) is 5.75 Å². The fraction of sp³-hybridized carbons (Fsp3) is 0.238. The molecule has 1 unspecified atom stereocenters. The van der Waals surface area contributed by atoms with Crippen LogP contribution < -0.4 is 4.74 Å². The summed E-state index contributed by atoms with van der Waals surface area (Å²) in [6, 6.07) is 14.8. The molecule has 0 bridgehead atoms. The first-order chi connectivity index (χ1) is 12.6. The molecule has 0 N–H and O–H groups in total. The van der Waals surface area contributed by atoms with Gasteiger partial charge in [-0.05, 0) is 31.0 Å². The van der Waals surface area contributed by atoms with Crippen LogP contribution in [0, 0.1) is 6.92 Å². The van der Waals surface area contributed by atoms with Crippen LogP contribution in [-0.2, 0) is 4.74 Å². The molecule has 1 heterocycles. The van der Waals surface area contributed by atoms with Gasteiger partial charge in [0, 0.05) is 11.6 Å². The average molecular weight is 351 g/mol. The molecule has 0 spiro atoms. The summed E-state index contributed by atoms with van der Waals surface area (Å²) in [7, 11) is 1.33. The number of hydrogen-bond donors (Lipinski definition) is 0. The van der Waals surface area contributed by atoms with Crippen molar-refractivity contribution >= 4 is 22.8 Å². The van der Waals surface area contributed by atoms with Crippen LogP contribution in [0.1, 0.15) is 34.1 Å². The van der Waals surface area contributed by atoms with Crippen LogP contribution in [-0.4, -0.2) is 29.7 Å². The van der Waals surface area contributed by atoms with E-state index in [2.05, 4.69) is 0 Å². The summed E-state index contributed by atoms with van der Waals surface area (Å²) < 4.78 is 12.3. The molecule has 3 aromatic rings. The third kappa shape index (κ3) is 3.20. The minimum Gasteiger partial charge on any atom is -0.480 e. The zero-order valence-corrected chi connectivity index (χ0v) is 15.1. The lowest BCUT2D eigenvalue weighted by Crippen LogP contribution is -2.31. The Morgan fingerprint density at radius 2 is 1.77 bits per heavy atom. The van der Waals surface area contributed by atoms with Gasteiger partial charge in [0.15, 0.2) is 6.10 Å². The number of nitrogens with zero attached hydrogens (tertiary/aromatic N) is 1. The third-order valence-electron chi connectivity index (χ3n) is 4.36. The van der Waals surface area contributed by atoms with Gasteiger partial charge in [-0.1, -0.05) is 43.3 Å². The predicted molar refractivity (Wildman–Crippen MR) is 99.8 cm³/mol. The molecule has 0 amide bonds. The number of ether oxygens (including phenoxy) is 2. The maximum atomic E-state index is 13.1. The minimum absolute atomic E-state index is 0.220. The molecule has 0 aliphatic carbocycles. The second-order valence-corrected chi connectivity index (χ2v) is 6.04. The molecule has 1 atom stereocenters. The van der Waals surface area contributed by atoms with Crippen molar-refractivity contribution in [1.29, 1.82) is 0 Å².